The Morgan fingerprint density at radius 3 is 2.77 bits per heavy atom. The Bertz CT molecular complexity index is 857. The molecule has 1 aliphatic rings. The van der Waals surface area contributed by atoms with Crippen LogP contribution in [0.1, 0.15) is 35.9 Å². The monoisotopic (exact) mass is 368 g/mol. The van der Waals surface area contributed by atoms with Crippen LogP contribution in [0.2, 0.25) is 0 Å². The zero-order valence-electron chi connectivity index (χ0n) is 14.3. The lowest BCUT2D eigenvalue weighted by Gasteiger charge is -2.08. The van der Waals surface area contributed by atoms with Crippen LogP contribution in [0.25, 0.3) is 0 Å². The van der Waals surface area contributed by atoms with Crippen LogP contribution < -0.4 is 5.32 Å². The Morgan fingerprint density at radius 2 is 2.04 bits per heavy atom. The molecule has 0 spiro atoms. The summed E-state index contributed by atoms with van der Waals surface area (Å²) in [5.74, 6) is 2.64. The number of aromatic nitrogens is 3. The van der Waals surface area contributed by atoms with Gasteiger partial charge in [0.05, 0.1) is 18.6 Å². The van der Waals surface area contributed by atoms with Crippen molar-refractivity contribution in [2.75, 3.05) is 5.75 Å². The summed E-state index contributed by atoms with van der Waals surface area (Å²) in [4.78, 5) is 12.2. The lowest BCUT2D eigenvalue weighted by atomic mass is 10.2. The molecule has 2 aromatic heterocycles. The first kappa shape index (κ1) is 16.9. The van der Waals surface area contributed by atoms with Crippen molar-refractivity contribution in [3.63, 3.8) is 0 Å². The molecule has 1 saturated carbocycles. The van der Waals surface area contributed by atoms with E-state index in [1.165, 1.54) is 11.8 Å². The van der Waals surface area contributed by atoms with E-state index in [0.717, 1.165) is 35.1 Å². The van der Waals surface area contributed by atoms with Crippen molar-refractivity contribution in [1.29, 1.82) is 0 Å². The molecule has 6 nitrogen and oxygen atoms in total. The van der Waals surface area contributed by atoms with Crippen molar-refractivity contribution >= 4 is 17.7 Å². The summed E-state index contributed by atoms with van der Waals surface area (Å²) in [7, 11) is 0. The molecule has 1 amide bonds. The molecular weight excluding hydrogens is 348 g/mol. The molecule has 1 aliphatic carbocycles. The summed E-state index contributed by atoms with van der Waals surface area (Å²) >= 11 is 1.41. The van der Waals surface area contributed by atoms with E-state index < -0.39 is 0 Å². The Kier molecular flexibility index (Phi) is 5.06. The quantitative estimate of drug-likeness (QED) is 0.618. The Balaban J connectivity index is 1.37. The van der Waals surface area contributed by atoms with Gasteiger partial charge in [-0.3, -0.25) is 9.36 Å². The smallest absolute Gasteiger partial charge is 0.230 e. The maximum absolute atomic E-state index is 12.2. The molecule has 0 unspecified atom stereocenters. The molecule has 0 radical (unpaired) electrons. The predicted octanol–water partition coefficient (Wildman–Crippen LogP) is 3.21. The van der Waals surface area contributed by atoms with Crippen LogP contribution in [-0.4, -0.2) is 26.4 Å². The number of amides is 1. The molecular formula is C19H20N4O2S. The Morgan fingerprint density at radius 1 is 1.19 bits per heavy atom. The summed E-state index contributed by atoms with van der Waals surface area (Å²) < 4.78 is 7.54. The minimum atomic E-state index is -0.0145. The third-order valence-electron chi connectivity index (χ3n) is 4.25. The first-order chi connectivity index (χ1) is 12.8. The van der Waals surface area contributed by atoms with Crippen molar-refractivity contribution < 1.29 is 9.21 Å². The van der Waals surface area contributed by atoms with Gasteiger partial charge in [-0.05, 0) is 30.5 Å². The van der Waals surface area contributed by atoms with Gasteiger partial charge < -0.3 is 9.73 Å². The molecule has 0 aliphatic heterocycles. The zero-order valence-corrected chi connectivity index (χ0v) is 15.1. The Labute approximate surface area is 156 Å². The van der Waals surface area contributed by atoms with E-state index in [1.807, 2.05) is 42.5 Å². The minimum Gasteiger partial charge on any atom is -0.467 e. The second-order valence-corrected chi connectivity index (χ2v) is 7.27. The van der Waals surface area contributed by atoms with Gasteiger partial charge in [0.15, 0.2) is 5.16 Å². The van der Waals surface area contributed by atoms with Crippen molar-refractivity contribution in [3.05, 3.63) is 65.9 Å². The number of nitrogens with zero attached hydrogens (tertiary/aromatic N) is 3. The largest absolute Gasteiger partial charge is 0.467 e. The van der Waals surface area contributed by atoms with E-state index in [4.69, 9.17) is 4.42 Å². The van der Waals surface area contributed by atoms with Gasteiger partial charge >= 0.3 is 0 Å². The second-order valence-electron chi connectivity index (χ2n) is 6.33. The van der Waals surface area contributed by atoms with E-state index in [9.17, 15) is 4.79 Å². The number of thioether (sulfide) groups is 1. The van der Waals surface area contributed by atoms with Crippen LogP contribution in [0.3, 0.4) is 0 Å². The van der Waals surface area contributed by atoms with Crippen LogP contribution in [0.5, 0.6) is 0 Å². The number of hydrogen-bond donors (Lipinski definition) is 1. The predicted molar refractivity (Wildman–Crippen MR) is 98.8 cm³/mol. The summed E-state index contributed by atoms with van der Waals surface area (Å²) in [6.45, 7) is 1.13. The number of nitrogens with one attached hydrogen (secondary N) is 1. The SMILES string of the molecule is O=C(CSc1nnc(C2CC2)n1Cc1ccco1)NCc1ccccc1. The highest BCUT2D eigenvalue weighted by Gasteiger charge is 2.30. The third-order valence-corrected chi connectivity index (χ3v) is 5.21. The molecule has 26 heavy (non-hydrogen) atoms. The van der Waals surface area contributed by atoms with E-state index in [2.05, 4.69) is 20.1 Å². The van der Waals surface area contributed by atoms with Gasteiger partial charge in [0.1, 0.15) is 11.6 Å². The number of benzene rings is 1. The highest BCUT2D eigenvalue weighted by molar-refractivity contribution is 7.99. The molecule has 1 N–H and O–H groups in total. The zero-order chi connectivity index (χ0) is 17.8. The van der Waals surface area contributed by atoms with Crippen LogP contribution in [0.15, 0.2) is 58.3 Å². The summed E-state index contributed by atoms with van der Waals surface area (Å²) in [5.41, 5.74) is 1.09. The first-order valence-electron chi connectivity index (χ1n) is 8.68. The molecule has 0 atom stereocenters. The normalized spacial score (nSPS) is 13.7. The topological polar surface area (TPSA) is 73.0 Å². The number of hydrogen-bond acceptors (Lipinski definition) is 5. The van der Waals surface area contributed by atoms with Gasteiger partial charge in [0.25, 0.3) is 0 Å². The molecule has 134 valence electrons. The summed E-state index contributed by atoms with van der Waals surface area (Å²) in [6.07, 6.45) is 3.97. The van der Waals surface area contributed by atoms with Gasteiger partial charge in [-0.2, -0.15) is 0 Å². The average Bonchev–Trinajstić information content (AvgIpc) is 3.23. The van der Waals surface area contributed by atoms with Crippen LogP contribution in [-0.2, 0) is 17.9 Å². The fourth-order valence-corrected chi connectivity index (χ4v) is 3.51. The highest BCUT2D eigenvalue weighted by Crippen LogP contribution is 2.40. The van der Waals surface area contributed by atoms with Crippen LogP contribution >= 0.6 is 11.8 Å². The number of carbonyl (C=O) groups is 1. The van der Waals surface area contributed by atoms with E-state index >= 15 is 0 Å². The molecule has 0 bridgehead atoms. The fraction of sp³-hybridized carbons (Fsp3) is 0.316. The third kappa shape index (κ3) is 4.16. The van der Waals surface area contributed by atoms with Gasteiger partial charge in [-0.15, -0.1) is 10.2 Å². The number of rotatable bonds is 8. The fourth-order valence-electron chi connectivity index (χ4n) is 2.73. The first-order valence-corrected chi connectivity index (χ1v) is 9.67. The lowest BCUT2D eigenvalue weighted by Crippen LogP contribution is -2.24. The van der Waals surface area contributed by atoms with Gasteiger partial charge in [-0.1, -0.05) is 42.1 Å². The van der Waals surface area contributed by atoms with Gasteiger partial charge in [0.2, 0.25) is 5.91 Å². The number of furan rings is 1. The van der Waals surface area contributed by atoms with E-state index in [0.29, 0.717) is 24.8 Å². The van der Waals surface area contributed by atoms with E-state index in [-0.39, 0.29) is 5.91 Å². The number of carbonyl (C=O) groups excluding carboxylic acids is 1. The molecule has 0 saturated heterocycles. The van der Waals surface area contributed by atoms with Crippen molar-refractivity contribution in [2.24, 2.45) is 0 Å². The molecule has 1 fully saturated rings. The molecule has 2 heterocycles. The van der Waals surface area contributed by atoms with Crippen molar-refractivity contribution in [1.82, 2.24) is 20.1 Å². The summed E-state index contributed by atoms with van der Waals surface area (Å²) in [5, 5.41) is 12.4. The molecule has 1 aromatic carbocycles. The van der Waals surface area contributed by atoms with Crippen molar-refractivity contribution in [2.45, 2.75) is 37.0 Å². The summed E-state index contributed by atoms with van der Waals surface area (Å²) in [6, 6.07) is 13.7. The molecule has 3 aromatic rings. The lowest BCUT2D eigenvalue weighted by molar-refractivity contribution is -0.118. The molecule has 4 rings (SSSR count). The van der Waals surface area contributed by atoms with Crippen molar-refractivity contribution in [3.8, 4) is 0 Å². The molecule has 7 heteroatoms. The van der Waals surface area contributed by atoms with Crippen LogP contribution in [0, 0.1) is 0 Å². The highest BCUT2D eigenvalue weighted by atomic mass is 32.2. The van der Waals surface area contributed by atoms with Crippen LogP contribution in [0.4, 0.5) is 0 Å². The maximum Gasteiger partial charge on any atom is 0.230 e. The second kappa shape index (κ2) is 7.78. The van der Waals surface area contributed by atoms with Gasteiger partial charge in [-0.25, -0.2) is 0 Å². The van der Waals surface area contributed by atoms with Gasteiger partial charge in [0, 0.05) is 12.5 Å². The standard InChI is InChI=1S/C19H20N4O2S/c24-17(20-11-14-5-2-1-3-6-14)13-26-19-22-21-18(15-8-9-15)23(19)12-16-7-4-10-25-16/h1-7,10,15H,8-9,11-13H2,(H,20,24). The Hall–Kier alpha value is -2.54. The van der Waals surface area contributed by atoms with E-state index in [1.54, 1.807) is 6.26 Å². The minimum absolute atomic E-state index is 0.0145. The maximum atomic E-state index is 12.2. The average molecular weight is 368 g/mol.